The number of hydrogen-bond donors (Lipinski definition) is 3. The molecule has 0 saturated heterocycles. The minimum atomic E-state index is -0.695. The summed E-state index contributed by atoms with van der Waals surface area (Å²) in [6.45, 7) is 5.28. The minimum Gasteiger partial charge on any atom is -0.273 e. The summed E-state index contributed by atoms with van der Waals surface area (Å²) >= 11 is 0. The van der Waals surface area contributed by atoms with E-state index in [0.717, 1.165) is 0 Å². The van der Waals surface area contributed by atoms with Crippen LogP contribution in [-0.4, -0.2) is 16.8 Å². The van der Waals surface area contributed by atoms with Gasteiger partial charge in [0.05, 0.1) is 5.60 Å². The first-order valence-electron chi connectivity index (χ1n) is 3.11. The van der Waals surface area contributed by atoms with Crippen molar-refractivity contribution in [3.63, 3.8) is 0 Å². The van der Waals surface area contributed by atoms with Gasteiger partial charge in [0.25, 0.3) is 0 Å². The third kappa shape index (κ3) is 4.54. The van der Waals surface area contributed by atoms with Gasteiger partial charge in [0.1, 0.15) is 0 Å². The topological polar surface area (TPSA) is 93.6 Å². The van der Waals surface area contributed by atoms with E-state index >= 15 is 0 Å². The fourth-order valence-electron chi connectivity index (χ4n) is 0.400. The Hall–Kier alpha value is -0.850. The number of carbonyl (C=O) groups is 1. The van der Waals surface area contributed by atoms with Crippen molar-refractivity contribution in [2.75, 3.05) is 0 Å². The Morgan fingerprint density at radius 3 is 2.27 bits per heavy atom. The van der Waals surface area contributed by atoms with E-state index in [1.165, 1.54) is 0 Å². The van der Waals surface area contributed by atoms with Crippen molar-refractivity contribution < 1.29 is 9.63 Å². The minimum absolute atomic E-state index is 0.513. The van der Waals surface area contributed by atoms with Crippen molar-refractivity contribution in [1.29, 1.82) is 0 Å². The van der Waals surface area contributed by atoms with E-state index in [0.29, 0.717) is 5.17 Å². The molecule has 0 aromatic rings. The number of nitrogens with one attached hydrogen (secondary N) is 1. The second kappa shape index (κ2) is 3.51. The SMILES string of the molecule is CC(C)(C)ON(N)C(=O)NN. The van der Waals surface area contributed by atoms with Gasteiger partial charge in [-0.1, -0.05) is 0 Å². The number of hydroxylamine groups is 1. The van der Waals surface area contributed by atoms with Gasteiger partial charge >= 0.3 is 6.03 Å². The maximum Gasteiger partial charge on any atom is 0.370 e. The molecular weight excluding hydrogens is 148 g/mol. The van der Waals surface area contributed by atoms with E-state index in [1.54, 1.807) is 20.8 Å². The van der Waals surface area contributed by atoms with Gasteiger partial charge in [0.2, 0.25) is 0 Å². The number of amides is 2. The molecule has 0 unspecified atom stereocenters. The lowest BCUT2D eigenvalue weighted by atomic mass is 10.2. The molecular formula is C5H14N4O2. The van der Waals surface area contributed by atoms with Gasteiger partial charge in [-0.15, -0.1) is 5.17 Å². The van der Waals surface area contributed by atoms with Crippen LogP contribution in [0.2, 0.25) is 0 Å². The van der Waals surface area contributed by atoms with Crippen molar-refractivity contribution in [1.82, 2.24) is 10.6 Å². The van der Waals surface area contributed by atoms with Crippen LogP contribution in [0.1, 0.15) is 20.8 Å². The Labute approximate surface area is 65.4 Å². The van der Waals surface area contributed by atoms with Crippen LogP contribution in [0.4, 0.5) is 4.79 Å². The lowest BCUT2D eigenvalue weighted by Crippen LogP contribution is -2.50. The highest BCUT2D eigenvalue weighted by atomic mass is 16.7. The van der Waals surface area contributed by atoms with Crippen LogP contribution in [-0.2, 0) is 4.84 Å². The van der Waals surface area contributed by atoms with E-state index in [-0.39, 0.29) is 0 Å². The standard InChI is InChI=1S/C5H14N4O2/c1-5(2,3)11-9(7)4(10)8-6/h6-7H2,1-3H3,(H,8,10). The van der Waals surface area contributed by atoms with E-state index in [4.69, 9.17) is 16.5 Å². The molecule has 0 radical (unpaired) electrons. The third-order valence-corrected chi connectivity index (χ3v) is 0.696. The molecule has 11 heavy (non-hydrogen) atoms. The maximum atomic E-state index is 10.6. The van der Waals surface area contributed by atoms with Crippen LogP contribution < -0.4 is 17.1 Å². The van der Waals surface area contributed by atoms with Crippen LogP contribution in [0, 0.1) is 0 Å². The first kappa shape index (κ1) is 10.2. The second-order valence-electron chi connectivity index (χ2n) is 2.98. The zero-order chi connectivity index (χ0) is 9.07. The zero-order valence-corrected chi connectivity index (χ0v) is 6.92. The summed E-state index contributed by atoms with van der Waals surface area (Å²) in [7, 11) is 0. The summed E-state index contributed by atoms with van der Waals surface area (Å²) < 4.78 is 0. The highest BCUT2D eigenvalue weighted by Gasteiger charge is 2.18. The van der Waals surface area contributed by atoms with E-state index in [9.17, 15) is 4.79 Å². The lowest BCUT2D eigenvalue weighted by molar-refractivity contribution is -0.195. The molecule has 0 aliphatic carbocycles. The Balaban J connectivity index is 3.87. The van der Waals surface area contributed by atoms with Crippen LogP contribution in [0.3, 0.4) is 0 Å². The molecule has 0 bridgehead atoms. The molecule has 0 aromatic carbocycles. The molecule has 0 spiro atoms. The number of rotatable bonds is 1. The highest BCUT2D eigenvalue weighted by molar-refractivity contribution is 5.71. The fourth-order valence-corrected chi connectivity index (χ4v) is 0.400. The first-order valence-corrected chi connectivity index (χ1v) is 3.11. The van der Waals surface area contributed by atoms with Gasteiger partial charge in [-0.05, 0) is 20.8 Å². The normalized spacial score (nSPS) is 11.0. The Bertz CT molecular complexity index is 142. The molecule has 6 nitrogen and oxygen atoms in total. The number of carbonyl (C=O) groups excluding carboxylic acids is 1. The summed E-state index contributed by atoms with van der Waals surface area (Å²) in [5.41, 5.74) is 1.31. The van der Waals surface area contributed by atoms with Gasteiger partial charge in [-0.3, -0.25) is 5.43 Å². The van der Waals surface area contributed by atoms with E-state index in [1.807, 2.05) is 5.43 Å². The van der Waals surface area contributed by atoms with Crippen molar-refractivity contribution in [2.24, 2.45) is 11.7 Å². The molecule has 66 valence electrons. The molecule has 0 aromatic heterocycles. The van der Waals surface area contributed by atoms with Crippen LogP contribution in [0.5, 0.6) is 0 Å². The van der Waals surface area contributed by atoms with E-state index < -0.39 is 11.6 Å². The van der Waals surface area contributed by atoms with Crippen LogP contribution >= 0.6 is 0 Å². The maximum absolute atomic E-state index is 10.6. The average molecular weight is 162 g/mol. The van der Waals surface area contributed by atoms with Gasteiger partial charge in [0.15, 0.2) is 0 Å². The predicted octanol–water partition coefficient (Wildman–Crippen LogP) is -0.524. The average Bonchev–Trinajstić information content (AvgIpc) is 1.82. The quantitative estimate of drug-likeness (QED) is 0.274. The zero-order valence-electron chi connectivity index (χ0n) is 6.92. The van der Waals surface area contributed by atoms with E-state index in [2.05, 4.69) is 0 Å². The molecule has 2 amide bonds. The van der Waals surface area contributed by atoms with Crippen molar-refractivity contribution in [2.45, 2.75) is 26.4 Å². The molecule has 0 heterocycles. The Kier molecular flexibility index (Phi) is 3.24. The number of hydrogen-bond acceptors (Lipinski definition) is 4. The number of urea groups is 1. The molecule has 0 aliphatic rings. The van der Waals surface area contributed by atoms with Gasteiger partial charge < -0.3 is 0 Å². The number of nitrogens with two attached hydrogens (primary N) is 2. The van der Waals surface area contributed by atoms with Crippen molar-refractivity contribution >= 4 is 6.03 Å². The van der Waals surface area contributed by atoms with Gasteiger partial charge in [0, 0.05) is 0 Å². The number of hydrazine groups is 2. The van der Waals surface area contributed by atoms with Crippen molar-refractivity contribution in [3.05, 3.63) is 0 Å². The summed E-state index contributed by atoms with van der Waals surface area (Å²) in [5, 5.41) is 0.556. The largest absolute Gasteiger partial charge is 0.370 e. The number of nitrogens with zero attached hydrogens (tertiary/aromatic N) is 1. The van der Waals surface area contributed by atoms with Gasteiger partial charge in [-0.25, -0.2) is 21.3 Å². The van der Waals surface area contributed by atoms with Crippen LogP contribution in [0.15, 0.2) is 0 Å². The summed E-state index contributed by atoms with van der Waals surface area (Å²) in [6.07, 6.45) is 0. The molecule has 0 rings (SSSR count). The highest BCUT2D eigenvalue weighted by Crippen LogP contribution is 2.06. The molecule has 6 heteroatoms. The molecule has 0 aliphatic heterocycles. The second-order valence-corrected chi connectivity index (χ2v) is 2.98. The van der Waals surface area contributed by atoms with Gasteiger partial charge in [-0.2, -0.15) is 0 Å². The summed E-state index contributed by atoms with van der Waals surface area (Å²) in [6, 6.07) is -0.695. The fraction of sp³-hybridized carbons (Fsp3) is 0.800. The Morgan fingerprint density at radius 2 is 2.00 bits per heavy atom. The Morgan fingerprint density at radius 1 is 1.55 bits per heavy atom. The molecule has 0 fully saturated rings. The summed E-state index contributed by atoms with van der Waals surface area (Å²) in [4.78, 5) is 15.5. The lowest BCUT2D eigenvalue weighted by Gasteiger charge is -2.24. The summed E-state index contributed by atoms with van der Waals surface area (Å²) in [5.74, 6) is 9.92. The predicted molar refractivity (Wildman–Crippen MR) is 39.6 cm³/mol. The molecule has 5 N–H and O–H groups in total. The first-order chi connectivity index (χ1) is 4.87. The molecule has 0 atom stereocenters. The smallest absolute Gasteiger partial charge is 0.273 e. The van der Waals surface area contributed by atoms with Crippen LogP contribution in [0.25, 0.3) is 0 Å². The molecule has 0 saturated carbocycles. The monoisotopic (exact) mass is 162 g/mol. The van der Waals surface area contributed by atoms with Crippen molar-refractivity contribution in [3.8, 4) is 0 Å². The third-order valence-electron chi connectivity index (χ3n) is 0.696.